The van der Waals surface area contributed by atoms with Gasteiger partial charge in [0.05, 0.1) is 16.8 Å². The van der Waals surface area contributed by atoms with E-state index < -0.39 is 5.41 Å². The number of nitrogens with zero attached hydrogens (tertiary/aromatic N) is 2. The van der Waals surface area contributed by atoms with Gasteiger partial charge in [0.15, 0.2) is 0 Å². The number of hydrogen-bond acceptors (Lipinski definition) is 3. The number of aromatic nitrogens is 2. The van der Waals surface area contributed by atoms with E-state index >= 15 is 0 Å². The summed E-state index contributed by atoms with van der Waals surface area (Å²) in [7, 11) is 0. The van der Waals surface area contributed by atoms with E-state index in [-0.39, 0.29) is 18.3 Å². The van der Waals surface area contributed by atoms with Gasteiger partial charge in [-0.2, -0.15) is 5.10 Å². The molecule has 0 unspecified atom stereocenters. The molecule has 0 saturated carbocycles. The zero-order valence-corrected chi connectivity index (χ0v) is 16.3. The number of aryl methyl sites for hydroxylation is 1. The minimum absolute atomic E-state index is 0. The Morgan fingerprint density at radius 3 is 2.32 bits per heavy atom. The molecule has 0 atom stereocenters. The summed E-state index contributed by atoms with van der Waals surface area (Å²) in [6.07, 6.45) is 1.49. The summed E-state index contributed by atoms with van der Waals surface area (Å²) in [6.45, 7) is 8.88. The molecule has 0 fully saturated rings. The van der Waals surface area contributed by atoms with Crippen LogP contribution in [0.25, 0.3) is 5.69 Å². The molecule has 1 aromatic heterocycles. The van der Waals surface area contributed by atoms with Gasteiger partial charge < -0.3 is 11.1 Å². The average molecular weight is 365 g/mol. The maximum absolute atomic E-state index is 12.6. The third kappa shape index (κ3) is 4.22. The van der Waals surface area contributed by atoms with Crippen molar-refractivity contribution in [1.82, 2.24) is 15.1 Å². The van der Waals surface area contributed by atoms with Gasteiger partial charge in [0.25, 0.3) is 0 Å². The number of nitrogens with two attached hydrogens (primary N) is 1. The zero-order chi connectivity index (χ0) is 17.7. The molecule has 0 radical (unpaired) electrons. The Balaban J connectivity index is 0.00000312. The molecule has 138 valence electrons. The summed E-state index contributed by atoms with van der Waals surface area (Å²) in [5.74, 6) is 0.0289. The summed E-state index contributed by atoms with van der Waals surface area (Å²) in [4.78, 5) is 12.6. The first kappa shape index (κ1) is 21.2. The highest BCUT2D eigenvalue weighted by atomic mass is 35.5. The average Bonchev–Trinajstić information content (AvgIpc) is 2.90. The van der Waals surface area contributed by atoms with Gasteiger partial charge in [-0.15, -0.1) is 12.4 Å². The van der Waals surface area contributed by atoms with Gasteiger partial charge in [-0.3, -0.25) is 4.79 Å². The third-order valence-electron chi connectivity index (χ3n) is 5.09. The Hall–Kier alpha value is -1.85. The maximum atomic E-state index is 12.6. The molecule has 0 saturated heterocycles. The number of halogens is 1. The second kappa shape index (κ2) is 9.02. The highest BCUT2D eigenvalue weighted by Gasteiger charge is 2.33. The fourth-order valence-corrected chi connectivity index (χ4v) is 3.06. The standard InChI is InChI=1S/C19H28N4O.ClH/c1-5-19(6-2,13-20)18(24)21-12-17-14(3)22-23(15(17)4)16-10-8-7-9-11-16;/h7-11H,5-6,12-13,20H2,1-4H3,(H,21,24);1H. The highest BCUT2D eigenvalue weighted by Crippen LogP contribution is 2.25. The largest absolute Gasteiger partial charge is 0.351 e. The molecule has 1 heterocycles. The first-order chi connectivity index (χ1) is 11.5. The fraction of sp³-hybridized carbons (Fsp3) is 0.474. The van der Waals surface area contributed by atoms with Crippen LogP contribution in [-0.2, 0) is 11.3 Å². The number of hydrogen-bond donors (Lipinski definition) is 2. The van der Waals surface area contributed by atoms with E-state index in [1.54, 1.807) is 0 Å². The number of carbonyl (C=O) groups excluding carboxylic acids is 1. The van der Waals surface area contributed by atoms with Crippen LogP contribution in [0.15, 0.2) is 30.3 Å². The van der Waals surface area contributed by atoms with Crippen LogP contribution in [0.3, 0.4) is 0 Å². The van der Waals surface area contributed by atoms with Crippen molar-refractivity contribution in [3.63, 3.8) is 0 Å². The summed E-state index contributed by atoms with van der Waals surface area (Å²) >= 11 is 0. The summed E-state index contributed by atoms with van der Waals surface area (Å²) in [5.41, 5.74) is 9.45. The monoisotopic (exact) mass is 364 g/mol. The van der Waals surface area contributed by atoms with Crippen molar-refractivity contribution in [3.8, 4) is 5.69 Å². The van der Waals surface area contributed by atoms with Crippen LogP contribution in [0.2, 0.25) is 0 Å². The molecule has 25 heavy (non-hydrogen) atoms. The minimum atomic E-state index is -0.475. The molecule has 0 aliphatic heterocycles. The van der Waals surface area contributed by atoms with Gasteiger partial charge >= 0.3 is 0 Å². The quantitative estimate of drug-likeness (QED) is 0.791. The predicted molar refractivity (Wildman–Crippen MR) is 104 cm³/mol. The Morgan fingerprint density at radius 2 is 1.80 bits per heavy atom. The van der Waals surface area contributed by atoms with Crippen LogP contribution in [-0.4, -0.2) is 22.2 Å². The summed E-state index contributed by atoms with van der Waals surface area (Å²) < 4.78 is 1.92. The Kier molecular flexibility index (Phi) is 7.64. The number of para-hydroxylation sites is 1. The Morgan fingerprint density at radius 1 is 1.20 bits per heavy atom. The van der Waals surface area contributed by atoms with E-state index in [1.807, 2.05) is 62.7 Å². The third-order valence-corrected chi connectivity index (χ3v) is 5.09. The maximum Gasteiger partial charge on any atom is 0.227 e. The van der Waals surface area contributed by atoms with Crippen molar-refractivity contribution < 1.29 is 4.79 Å². The van der Waals surface area contributed by atoms with E-state index in [2.05, 4.69) is 10.4 Å². The van der Waals surface area contributed by atoms with Gasteiger partial charge in [-0.1, -0.05) is 32.0 Å². The van der Waals surface area contributed by atoms with E-state index in [1.165, 1.54) is 0 Å². The van der Waals surface area contributed by atoms with E-state index in [0.717, 1.165) is 35.5 Å². The minimum Gasteiger partial charge on any atom is -0.351 e. The van der Waals surface area contributed by atoms with E-state index in [0.29, 0.717) is 13.1 Å². The molecule has 2 aromatic rings. The van der Waals surface area contributed by atoms with Crippen LogP contribution in [0, 0.1) is 19.3 Å². The van der Waals surface area contributed by atoms with Crippen LogP contribution in [0.4, 0.5) is 0 Å². The molecule has 2 rings (SSSR count). The van der Waals surface area contributed by atoms with Crippen LogP contribution < -0.4 is 11.1 Å². The molecule has 3 N–H and O–H groups in total. The van der Waals surface area contributed by atoms with Crippen molar-refractivity contribution in [1.29, 1.82) is 0 Å². The van der Waals surface area contributed by atoms with Crippen molar-refractivity contribution in [2.45, 2.75) is 47.1 Å². The van der Waals surface area contributed by atoms with Crippen molar-refractivity contribution in [2.24, 2.45) is 11.1 Å². The first-order valence-electron chi connectivity index (χ1n) is 8.58. The van der Waals surface area contributed by atoms with Crippen LogP contribution in [0.1, 0.15) is 43.6 Å². The lowest BCUT2D eigenvalue weighted by molar-refractivity contribution is -0.131. The highest BCUT2D eigenvalue weighted by molar-refractivity contribution is 5.85. The SMILES string of the molecule is CCC(CC)(CN)C(=O)NCc1c(C)nn(-c2ccccc2)c1C.Cl. The summed E-state index contributed by atoms with van der Waals surface area (Å²) in [5, 5.41) is 7.69. The van der Waals surface area contributed by atoms with Gasteiger partial charge in [-0.05, 0) is 38.8 Å². The van der Waals surface area contributed by atoms with Gasteiger partial charge in [0, 0.05) is 24.3 Å². The molecule has 0 aliphatic carbocycles. The number of benzene rings is 1. The number of rotatable bonds is 7. The van der Waals surface area contributed by atoms with Crippen LogP contribution >= 0.6 is 12.4 Å². The van der Waals surface area contributed by atoms with E-state index in [4.69, 9.17) is 5.73 Å². The lowest BCUT2D eigenvalue weighted by Crippen LogP contribution is -2.45. The number of amides is 1. The molecule has 0 aliphatic rings. The Labute approximate surface area is 156 Å². The predicted octanol–water partition coefficient (Wildman–Crippen LogP) is 3.29. The second-order valence-electron chi connectivity index (χ2n) is 6.27. The number of carbonyl (C=O) groups is 1. The Bertz CT molecular complexity index is 685. The molecule has 1 amide bonds. The first-order valence-corrected chi connectivity index (χ1v) is 8.58. The molecule has 5 nitrogen and oxygen atoms in total. The van der Waals surface area contributed by atoms with Gasteiger partial charge in [0.1, 0.15) is 0 Å². The normalized spacial score (nSPS) is 11.1. The van der Waals surface area contributed by atoms with Crippen molar-refractivity contribution in [3.05, 3.63) is 47.3 Å². The van der Waals surface area contributed by atoms with Gasteiger partial charge in [-0.25, -0.2) is 4.68 Å². The smallest absolute Gasteiger partial charge is 0.227 e. The fourth-order valence-electron chi connectivity index (χ4n) is 3.06. The van der Waals surface area contributed by atoms with Crippen molar-refractivity contribution in [2.75, 3.05) is 6.54 Å². The molecular weight excluding hydrogens is 336 g/mol. The second-order valence-corrected chi connectivity index (χ2v) is 6.27. The molecule has 1 aromatic carbocycles. The molecular formula is C19H29ClN4O. The molecule has 0 spiro atoms. The van der Waals surface area contributed by atoms with Crippen LogP contribution in [0.5, 0.6) is 0 Å². The summed E-state index contributed by atoms with van der Waals surface area (Å²) in [6, 6.07) is 10.0. The van der Waals surface area contributed by atoms with Crippen molar-refractivity contribution >= 4 is 18.3 Å². The lowest BCUT2D eigenvalue weighted by atomic mass is 9.81. The molecule has 6 heteroatoms. The lowest BCUT2D eigenvalue weighted by Gasteiger charge is -2.28. The molecule has 0 bridgehead atoms. The zero-order valence-electron chi connectivity index (χ0n) is 15.5. The van der Waals surface area contributed by atoms with E-state index in [9.17, 15) is 4.79 Å². The van der Waals surface area contributed by atoms with Gasteiger partial charge in [0.2, 0.25) is 5.91 Å². The number of nitrogens with one attached hydrogen (secondary N) is 1. The topological polar surface area (TPSA) is 72.9 Å².